The number of anilines is 2. The Balaban J connectivity index is 0.000000167. The number of aromatic nitrogens is 2. The minimum absolute atomic E-state index is 0.126. The number of nitrogens with one attached hydrogen (secondary N) is 3. The third-order valence-electron chi connectivity index (χ3n) is 5.96. The van der Waals surface area contributed by atoms with Crippen LogP contribution in [-0.4, -0.2) is 58.2 Å². The molecule has 186 valence electrons. The maximum absolute atomic E-state index is 11.5. The Morgan fingerprint density at radius 2 is 1.94 bits per heavy atom. The first kappa shape index (κ1) is 25.3. The summed E-state index contributed by atoms with van der Waals surface area (Å²) in [6.07, 6.45) is 3.99. The molecule has 3 aromatic rings. The number of guanidine groups is 1. The van der Waals surface area contributed by atoms with Crippen LogP contribution < -0.4 is 16.0 Å². The molecule has 0 fully saturated rings. The zero-order valence-electron chi connectivity index (χ0n) is 20.2. The fourth-order valence-electron chi connectivity index (χ4n) is 4.34. The quantitative estimate of drug-likeness (QED) is 0.408. The van der Waals surface area contributed by atoms with Crippen LogP contribution in [0.5, 0.6) is 0 Å². The fraction of sp³-hybridized carbons (Fsp3) is 0.440. The van der Waals surface area contributed by atoms with Crippen molar-refractivity contribution in [3.8, 4) is 0 Å². The third kappa shape index (κ3) is 6.48. The maximum Gasteiger partial charge on any atom is 0.228 e. The molecule has 2 aromatic carbocycles. The van der Waals surface area contributed by atoms with Crippen molar-refractivity contribution >= 4 is 57.6 Å². The number of benzene rings is 2. The van der Waals surface area contributed by atoms with Gasteiger partial charge in [-0.15, -0.1) is 0 Å². The normalized spacial score (nSPS) is 14.3. The van der Waals surface area contributed by atoms with Crippen LogP contribution in [0.1, 0.15) is 37.8 Å². The molecule has 3 heterocycles. The first-order valence-electron chi connectivity index (χ1n) is 12.2. The first-order valence-corrected chi connectivity index (χ1v) is 13.3. The summed E-state index contributed by atoms with van der Waals surface area (Å²) in [6, 6.07) is 9.87. The molecule has 1 amide bonds. The van der Waals surface area contributed by atoms with Crippen molar-refractivity contribution in [2.45, 2.75) is 39.5 Å². The Morgan fingerprint density at radius 1 is 1.11 bits per heavy atom. The minimum atomic E-state index is 0.126. The number of nitrogens with zero attached hydrogens (tertiary/aromatic N) is 4. The first-order chi connectivity index (χ1) is 17.1. The number of carbonyl (C=O) groups is 1. The molecular weight excluding hydrogens is 482 g/mol. The number of amides is 1. The largest absolute Gasteiger partial charge is 0.354 e. The predicted molar refractivity (Wildman–Crippen MR) is 146 cm³/mol. The Labute approximate surface area is 215 Å². The van der Waals surface area contributed by atoms with Crippen molar-refractivity contribution in [3.05, 3.63) is 46.5 Å². The van der Waals surface area contributed by atoms with Crippen LogP contribution in [0.2, 0.25) is 5.02 Å². The van der Waals surface area contributed by atoms with E-state index >= 15 is 0 Å². The molecule has 8 nitrogen and oxygen atoms in total. The molecule has 5 rings (SSSR count). The van der Waals surface area contributed by atoms with Crippen LogP contribution in [0, 0.1) is 0 Å². The van der Waals surface area contributed by atoms with Crippen molar-refractivity contribution in [1.82, 2.24) is 19.0 Å². The van der Waals surface area contributed by atoms with E-state index in [4.69, 9.17) is 11.6 Å². The number of rotatable bonds is 8. The predicted octanol–water partition coefficient (Wildman–Crippen LogP) is 4.56. The molecule has 0 spiro atoms. The van der Waals surface area contributed by atoms with Gasteiger partial charge in [-0.2, -0.15) is 8.75 Å². The van der Waals surface area contributed by atoms with Gasteiger partial charge in [-0.25, -0.2) is 0 Å². The van der Waals surface area contributed by atoms with E-state index in [1.165, 1.54) is 48.8 Å². The monoisotopic (exact) mass is 513 g/mol. The molecule has 2 aliphatic heterocycles. The van der Waals surface area contributed by atoms with Gasteiger partial charge in [-0.3, -0.25) is 9.79 Å². The van der Waals surface area contributed by atoms with Gasteiger partial charge < -0.3 is 20.9 Å². The molecule has 0 bridgehead atoms. The van der Waals surface area contributed by atoms with E-state index < -0.39 is 0 Å². The SMILES string of the molecule is CCCN(CCC)CCc1cccc2c1CC(=O)N2.Clc1ccc2nsnc2c1NC1=NCCN1. The van der Waals surface area contributed by atoms with Crippen LogP contribution in [0.25, 0.3) is 11.0 Å². The molecule has 0 radical (unpaired) electrons. The molecule has 1 aromatic heterocycles. The molecule has 0 atom stereocenters. The maximum atomic E-state index is 11.5. The number of hydrogen-bond acceptors (Lipinski definition) is 8. The molecule has 10 heteroatoms. The number of hydrogen-bond donors (Lipinski definition) is 3. The van der Waals surface area contributed by atoms with Crippen molar-refractivity contribution in [2.75, 3.05) is 43.4 Å². The highest BCUT2D eigenvalue weighted by Gasteiger charge is 2.20. The van der Waals surface area contributed by atoms with Gasteiger partial charge in [-0.1, -0.05) is 37.6 Å². The lowest BCUT2D eigenvalue weighted by Crippen LogP contribution is -2.28. The van der Waals surface area contributed by atoms with Gasteiger partial charge in [-0.05, 0) is 61.7 Å². The highest BCUT2D eigenvalue weighted by atomic mass is 35.5. The lowest BCUT2D eigenvalue weighted by molar-refractivity contribution is -0.115. The van der Waals surface area contributed by atoms with Crippen LogP contribution in [0.3, 0.4) is 0 Å². The summed E-state index contributed by atoms with van der Waals surface area (Å²) in [6.45, 7) is 9.51. The van der Waals surface area contributed by atoms with E-state index in [-0.39, 0.29) is 5.91 Å². The second-order valence-electron chi connectivity index (χ2n) is 8.60. The van der Waals surface area contributed by atoms with Crippen LogP contribution in [-0.2, 0) is 17.6 Å². The molecule has 0 saturated carbocycles. The van der Waals surface area contributed by atoms with Crippen molar-refractivity contribution in [1.29, 1.82) is 0 Å². The summed E-state index contributed by atoms with van der Waals surface area (Å²) in [5, 5.41) is 9.82. The highest BCUT2D eigenvalue weighted by molar-refractivity contribution is 7.00. The smallest absolute Gasteiger partial charge is 0.228 e. The van der Waals surface area contributed by atoms with Gasteiger partial charge in [0.15, 0.2) is 5.96 Å². The van der Waals surface area contributed by atoms with Crippen LogP contribution in [0.15, 0.2) is 35.3 Å². The number of carbonyl (C=O) groups excluding carboxylic acids is 1. The van der Waals surface area contributed by atoms with Gasteiger partial charge in [0, 0.05) is 18.8 Å². The highest BCUT2D eigenvalue weighted by Crippen LogP contribution is 2.30. The van der Waals surface area contributed by atoms with Crippen molar-refractivity contribution in [2.24, 2.45) is 4.99 Å². The van der Waals surface area contributed by atoms with Crippen LogP contribution >= 0.6 is 23.3 Å². The number of halogens is 1. The zero-order chi connectivity index (χ0) is 24.6. The summed E-state index contributed by atoms with van der Waals surface area (Å²) in [7, 11) is 0. The zero-order valence-corrected chi connectivity index (χ0v) is 21.8. The summed E-state index contributed by atoms with van der Waals surface area (Å²) in [5.41, 5.74) is 5.94. The summed E-state index contributed by atoms with van der Waals surface area (Å²) in [4.78, 5) is 18.2. The molecule has 0 saturated heterocycles. The molecule has 3 N–H and O–H groups in total. The van der Waals surface area contributed by atoms with Gasteiger partial charge in [0.2, 0.25) is 5.91 Å². The second kappa shape index (κ2) is 12.3. The molecule has 2 aliphatic rings. The summed E-state index contributed by atoms with van der Waals surface area (Å²) >= 11 is 7.30. The second-order valence-corrected chi connectivity index (χ2v) is 9.53. The standard InChI is InChI=1S/C16H24N2O.C9H8ClN5S/c1-3-9-18(10-4-2)11-8-13-6-5-7-15-14(13)12-16(19)17-15;10-5-1-2-6-8(15-16-14-6)7(5)13-9-11-3-4-12-9/h5-7H,3-4,8-12H2,1-2H3,(H,17,19);1-2H,3-4H2,(H2,11,12,13). The minimum Gasteiger partial charge on any atom is -0.354 e. The fourth-order valence-corrected chi connectivity index (χ4v) is 5.08. The van der Waals surface area contributed by atoms with E-state index in [0.717, 1.165) is 54.4 Å². The summed E-state index contributed by atoms with van der Waals surface area (Å²) in [5.74, 6) is 0.865. The van der Waals surface area contributed by atoms with Gasteiger partial charge in [0.25, 0.3) is 0 Å². The van der Waals surface area contributed by atoms with Crippen molar-refractivity contribution < 1.29 is 4.79 Å². The Hall–Kier alpha value is -2.75. The molecule has 0 aliphatic carbocycles. The van der Waals surface area contributed by atoms with E-state index in [0.29, 0.717) is 11.4 Å². The van der Waals surface area contributed by atoms with Gasteiger partial charge in [0.05, 0.1) is 35.4 Å². The van der Waals surface area contributed by atoms with Crippen LogP contribution in [0.4, 0.5) is 11.4 Å². The molecular formula is C25H32ClN7OS. The van der Waals surface area contributed by atoms with E-state index in [2.05, 4.69) is 54.5 Å². The summed E-state index contributed by atoms with van der Waals surface area (Å²) < 4.78 is 8.39. The number of aliphatic imine (C=N–C) groups is 1. The molecule has 35 heavy (non-hydrogen) atoms. The van der Waals surface area contributed by atoms with E-state index in [1.54, 1.807) is 0 Å². The lowest BCUT2D eigenvalue weighted by Gasteiger charge is -2.21. The topological polar surface area (TPSA) is 94.5 Å². The Bertz CT molecular complexity index is 1190. The van der Waals surface area contributed by atoms with Gasteiger partial charge in [0.1, 0.15) is 11.0 Å². The van der Waals surface area contributed by atoms with Crippen molar-refractivity contribution in [3.63, 3.8) is 0 Å². The van der Waals surface area contributed by atoms with Gasteiger partial charge >= 0.3 is 0 Å². The lowest BCUT2D eigenvalue weighted by atomic mass is 10.0. The third-order valence-corrected chi connectivity index (χ3v) is 6.81. The number of fused-ring (bicyclic) bond motifs is 2. The average molecular weight is 514 g/mol. The molecule has 0 unspecified atom stereocenters. The Kier molecular flexibility index (Phi) is 8.90. The average Bonchev–Trinajstić information content (AvgIpc) is 3.60. The van der Waals surface area contributed by atoms with E-state index in [1.807, 2.05) is 24.3 Å². The van der Waals surface area contributed by atoms with E-state index in [9.17, 15) is 4.79 Å². The Morgan fingerprint density at radius 3 is 2.69 bits per heavy atom.